The molecule has 2 atom stereocenters. The molecule has 1 heterocycles. The molecular formula is C18H21FN4O7S. The van der Waals surface area contributed by atoms with Gasteiger partial charge >= 0.3 is 12.0 Å². The van der Waals surface area contributed by atoms with Gasteiger partial charge in [0, 0.05) is 12.5 Å². The van der Waals surface area contributed by atoms with Gasteiger partial charge in [0.25, 0.3) is 10.0 Å². The van der Waals surface area contributed by atoms with E-state index in [1.54, 1.807) is 4.72 Å². The monoisotopic (exact) mass is 456 g/mol. The van der Waals surface area contributed by atoms with Crippen LogP contribution in [0.4, 0.5) is 15.1 Å². The molecule has 0 aliphatic heterocycles. The molecule has 0 aliphatic carbocycles. The van der Waals surface area contributed by atoms with E-state index in [1.165, 1.54) is 38.5 Å². The highest BCUT2D eigenvalue weighted by molar-refractivity contribution is 7.90. The molecule has 2 N–H and O–H groups in total. The smallest absolute Gasteiger partial charge is 0.335 e. The van der Waals surface area contributed by atoms with E-state index in [-0.39, 0.29) is 23.3 Å². The van der Waals surface area contributed by atoms with Gasteiger partial charge in [-0.3, -0.25) is 10.1 Å². The number of rotatable bonds is 8. The van der Waals surface area contributed by atoms with Crippen molar-refractivity contribution < 1.29 is 36.6 Å². The van der Waals surface area contributed by atoms with E-state index in [9.17, 15) is 22.4 Å². The van der Waals surface area contributed by atoms with Gasteiger partial charge in [-0.2, -0.15) is 9.97 Å². The van der Waals surface area contributed by atoms with Crippen molar-refractivity contribution in [3.63, 3.8) is 0 Å². The maximum Gasteiger partial charge on any atom is 0.335 e. The number of nitrogens with one attached hydrogen (secondary N) is 2. The Morgan fingerprint density at radius 3 is 2.19 bits per heavy atom. The molecule has 2 amide bonds. The van der Waals surface area contributed by atoms with E-state index in [1.807, 2.05) is 0 Å². The zero-order valence-electron chi connectivity index (χ0n) is 17.1. The molecule has 0 saturated heterocycles. The zero-order chi connectivity index (χ0) is 23.2. The first kappa shape index (κ1) is 23.8. The average Bonchev–Trinajstić information content (AvgIpc) is 2.70. The molecule has 1 aromatic heterocycles. The van der Waals surface area contributed by atoms with Gasteiger partial charge in [-0.05, 0) is 13.0 Å². The van der Waals surface area contributed by atoms with Gasteiger partial charge in [0.05, 0.1) is 25.2 Å². The molecule has 0 aliphatic rings. The lowest BCUT2D eigenvalue weighted by molar-refractivity contribution is -0.150. The first-order valence-electron chi connectivity index (χ1n) is 8.78. The van der Waals surface area contributed by atoms with Crippen molar-refractivity contribution >= 4 is 28.0 Å². The predicted molar refractivity (Wildman–Crippen MR) is 106 cm³/mol. The molecule has 0 spiro atoms. The maximum absolute atomic E-state index is 14.1. The molecule has 2 unspecified atom stereocenters. The Hall–Kier alpha value is -3.48. The highest BCUT2D eigenvalue weighted by Crippen LogP contribution is 2.29. The number of nitrogens with zero attached hydrogens (tertiary/aromatic N) is 2. The summed E-state index contributed by atoms with van der Waals surface area (Å²) in [5.41, 5.74) is -0.132. The van der Waals surface area contributed by atoms with Crippen LogP contribution in [0.3, 0.4) is 0 Å². The number of hydrogen-bond donors (Lipinski definition) is 2. The molecular weight excluding hydrogens is 435 g/mol. The van der Waals surface area contributed by atoms with Gasteiger partial charge < -0.3 is 14.2 Å². The molecule has 11 nitrogen and oxygen atoms in total. The van der Waals surface area contributed by atoms with Gasteiger partial charge in [-0.1, -0.05) is 18.2 Å². The van der Waals surface area contributed by atoms with Crippen molar-refractivity contribution in [2.24, 2.45) is 0 Å². The summed E-state index contributed by atoms with van der Waals surface area (Å²) < 4.78 is 56.2. The van der Waals surface area contributed by atoms with E-state index >= 15 is 0 Å². The Morgan fingerprint density at radius 1 is 1.10 bits per heavy atom. The van der Waals surface area contributed by atoms with E-state index in [4.69, 9.17) is 14.2 Å². The SMILES string of the molecule is COc1cc(OC)nc(NC(=O)NS(=O)(=O)c2ccccc2C(OC(C)=O)C(C)F)n1. The summed E-state index contributed by atoms with van der Waals surface area (Å²) in [5, 5.41) is 2.15. The number of aromatic nitrogens is 2. The number of benzene rings is 1. The first-order valence-corrected chi connectivity index (χ1v) is 10.3. The number of alkyl halides is 1. The lowest BCUT2D eigenvalue weighted by Gasteiger charge is -2.21. The number of hydrogen-bond acceptors (Lipinski definition) is 9. The second kappa shape index (κ2) is 10.0. The minimum atomic E-state index is -4.49. The van der Waals surface area contributed by atoms with Crippen molar-refractivity contribution in [1.29, 1.82) is 0 Å². The Morgan fingerprint density at radius 2 is 1.68 bits per heavy atom. The molecule has 0 fully saturated rings. The normalized spacial score (nSPS) is 12.9. The van der Waals surface area contributed by atoms with Crippen molar-refractivity contribution in [2.45, 2.75) is 31.0 Å². The highest BCUT2D eigenvalue weighted by Gasteiger charge is 2.30. The Balaban J connectivity index is 2.31. The topological polar surface area (TPSA) is 146 Å². The number of amides is 2. The molecule has 1 aromatic carbocycles. The van der Waals surface area contributed by atoms with Crippen LogP contribution in [-0.4, -0.2) is 50.8 Å². The van der Waals surface area contributed by atoms with Crippen molar-refractivity contribution in [3.8, 4) is 11.8 Å². The van der Waals surface area contributed by atoms with Crippen LogP contribution in [0.15, 0.2) is 35.2 Å². The lowest BCUT2D eigenvalue weighted by atomic mass is 10.1. The minimum absolute atomic E-state index is 0.0662. The fraction of sp³-hybridized carbons (Fsp3) is 0.333. The van der Waals surface area contributed by atoms with Crippen LogP contribution < -0.4 is 19.5 Å². The predicted octanol–water partition coefficient (Wildman–Crippen LogP) is 1.97. The summed E-state index contributed by atoms with van der Waals surface area (Å²) in [6, 6.07) is 5.41. The molecule has 168 valence electrons. The third kappa shape index (κ3) is 6.25. The van der Waals surface area contributed by atoms with E-state index in [2.05, 4.69) is 15.3 Å². The number of sulfonamides is 1. The number of anilines is 1. The average molecular weight is 456 g/mol. The highest BCUT2D eigenvalue weighted by atomic mass is 32.2. The quantitative estimate of drug-likeness (QED) is 0.569. The Labute approximate surface area is 178 Å². The van der Waals surface area contributed by atoms with Crippen molar-refractivity contribution in [1.82, 2.24) is 14.7 Å². The summed E-state index contributed by atoms with van der Waals surface area (Å²) in [7, 11) is -1.83. The van der Waals surface area contributed by atoms with E-state index in [0.717, 1.165) is 19.9 Å². The minimum Gasteiger partial charge on any atom is -0.481 e. The molecule has 2 rings (SSSR count). The van der Waals surface area contributed by atoms with E-state index < -0.39 is 39.2 Å². The number of urea groups is 1. The number of methoxy groups -OCH3 is 2. The van der Waals surface area contributed by atoms with Crippen molar-refractivity contribution in [3.05, 3.63) is 35.9 Å². The van der Waals surface area contributed by atoms with Gasteiger partial charge in [0.15, 0.2) is 6.10 Å². The van der Waals surface area contributed by atoms with Crippen molar-refractivity contribution in [2.75, 3.05) is 19.5 Å². The van der Waals surface area contributed by atoms with Crippen LogP contribution in [0.25, 0.3) is 0 Å². The summed E-state index contributed by atoms with van der Waals surface area (Å²) in [5.74, 6) is -0.947. The number of esters is 1. The summed E-state index contributed by atoms with van der Waals surface area (Å²) in [6.07, 6.45) is -3.20. The summed E-state index contributed by atoms with van der Waals surface area (Å²) >= 11 is 0. The molecule has 31 heavy (non-hydrogen) atoms. The molecule has 13 heteroatoms. The lowest BCUT2D eigenvalue weighted by Crippen LogP contribution is -2.36. The molecule has 0 radical (unpaired) electrons. The zero-order valence-corrected chi connectivity index (χ0v) is 17.9. The summed E-state index contributed by atoms with van der Waals surface area (Å²) in [6.45, 7) is 2.19. The van der Waals surface area contributed by atoms with Crippen LogP contribution in [0.1, 0.15) is 25.5 Å². The van der Waals surface area contributed by atoms with Gasteiger partial charge in [-0.25, -0.2) is 22.3 Å². The van der Waals surface area contributed by atoms with Crippen LogP contribution >= 0.6 is 0 Å². The largest absolute Gasteiger partial charge is 0.481 e. The standard InChI is InChI=1S/C18H21FN4O7S/c1-10(19)16(30-11(2)24)12-7-5-6-8-13(12)31(26,27)23-18(25)22-17-20-14(28-3)9-15(21-17)29-4/h5-10,16H,1-4H3,(H2,20,21,22,23,25). The van der Waals surface area contributed by atoms with Gasteiger partial charge in [0.1, 0.15) is 6.17 Å². The number of carbonyl (C=O) groups excluding carboxylic acids is 2. The van der Waals surface area contributed by atoms with E-state index in [0.29, 0.717) is 0 Å². The molecule has 2 aromatic rings. The van der Waals surface area contributed by atoms with Gasteiger partial charge in [-0.15, -0.1) is 0 Å². The third-order valence-corrected chi connectivity index (χ3v) is 5.18. The number of ether oxygens (including phenoxy) is 3. The molecule has 0 saturated carbocycles. The second-order valence-corrected chi connectivity index (χ2v) is 7.73. The Bertz CT molecular complexity index is 1040. The fourth-order valence-corrected chi connectivity index (χ4v) is 3.67. The van der Waals surface area contributed by atoms with Crippen LogP contribution in [0.2, 0.25) is 0 Å². The first-order chi connectivity index (χ1) is 14.6. The van der Waals surface area contributed by atoms with Crippen LogP contribution in [0, 0.1) is 0 Å². The maximum atomic E-state index is 14.1. The van der Waals surface area contributed by atoms with Crippen LogP contribution in [0.5, 0.6) is 11.8 Å². The second-order valence-electron chi connectivity index (χ2n) is 6.08. The number of carbonyl (C=O) groups is 2. The number of halogens is 1. The molecule has 0 bridgehead atoms. The summed E-state index contributed by atoms with van der Waals surface area (Å²) in [4.78, 5) is 30.9. The van der Waals surface area contributed by atoms with Gasteiger partial charge in [0.2, 0.25) is 17.7 Å². The Kier molecular flexibility index (Phi) is 7.69. The van der Waals surface area contributed by atoms with Crippen LogP contribution in [-0.2, 0) is 19.6 Å². The fourth-order valence-electron chi connectivity index (χ4n) is 2.52. The third-order valence-electron chi connectivity index (χ3n) is 3.77.